The number of aliphatic carboxylic acids is 1. The monoisotopic (exact) mass is 1230 g/mol. The molecule has 0 aromatic carbocycles. The fraction of sp³-hybridized carbons (Fsp3) is 0.731. The normalized spacial score (nSPS) is 15.9. The molecular formula is C52H94N18O16. The lowest BCUT2D eigenvalue weighted by Gasteiger charge is -2.30. The Kier molecular flexibility index (Phi) is 37.3. The third-order valence-corrected chi connectivity index (χ3v) is 13.4. The van der Waals surface area contributed by atoms with Crippen LogP contribution in [0.3, 0.4) is 0 Å². The highest BCUT2D eigenvalue weighted by atomic mass is 16.4. The Morgan fingerprint density at radius 2 is 1.13 bits per heavy atom. The van der Waals surface area contributed by atoms with Gasteiger partial charge < -0.3 is 108 Å². The molecule has 1 fully saturated rings. The van der Waals surface area contributed by atoms with Crippen LogP contribution in [0.5, 0.6) is 0 Å². The van der Waals surface area contributed by atoms with E-state index in [-0.39, 0.29) is 95.8 Å². The second-order valence-electron chi connectivity index (χ2n) is 20.8. The van der Waals surface area contributed by atoms with Crippen molar-refractivity contribution in [1.29, 1.82) is 0 Å². The number of carbonyl (C=O) groups excluding carboxylic acids is 12. The zero-order valence-corrected chi connectivity index (χ0v) is 49.5. The number of nitrogens with one attached hydrogen (secondary N) is 10. The maximum absolute atomic E-state index is 14.1. The van der Waals surface area contributed by atoms with Crippen LogP contribution in [0.15, 0.2) is 4.99 Å². The number of nitrogens with zero attached hydrogens (tertiary/aromatic N) is 2. The average molecular weight is 1230 g/mol. The van der Waals surface area contributed by atoms with Crippen molar-refractivity contribution < 1.29 is 77.6 Å². The molecule has 0 radical (unpaired) electrons. The van der Waals surface area contributed by atoms with Crippen LogP contribution in [-0.4, -0.2) is 216 Å². The number of aliphatic hydroxyl groups excluding tert-OH is 2. The number of aliphatic hydroxyl groups is 2. The molecule has 0 saturated carbocycles. The molecule has 1 aliphatic rings. The van der Waals surface area contributed by atoms with Crippen molar-refractivity contribution >= 4 is 82.8 Å². The minimum absolute atomic E-state index is 0.00514. The maximum atomic E-state index is 14.1. The molecule has 34 heteroatoms. The summed E-state index contributed by atoms with van der Waals surface area (Å²) in [6.07, 6.45) is 1.96. The van der Waals surface area contributed by atoms with Gasteiger partial charge in [0.05, 0.1) is 31.8 Å². The highest BCUT2D eigenvalue weighted by Crippen LogP contribution is 2.20. The van der Waals surface area contributed by atoms with Crippen molar-refractivity contribution in [2.24, 2.45) is 39.4 Å². The summed E-state index contributed by atoms with van der Waals surface area (Å²) >= 11 is 0. The van der Waals surface area contributed by atoms with Crippen LogP contribution >= 0.6 is 0 Å². The smallest absolute Gasteiger partial charge is 0.326 e. The van der Waals surface area contributed by atoms with Crippen molar-refractivity contribution in [3.8, 4) is 0 Å². The Balaban J connectivity index is 3.21. The molecular weight excluding hydrogens is 1130 g/mol. The van der Waals surface area contributed by atoms with Crippen LogP contribution in [0.4, 0.5) is 0 Å². The maximum Gasteiger partial charge on any atom is 0.326 e. The molecule has 10 atom stereocenters. The number of nitrogens with two attached hydrogens (primary N) is 6. The van der Waals surface area contributed by atoms with Crippen LogP contribution in [0, 0.1) is 0 Å². The SMILES string of the molecule is CCCC(=O)NCCCC[C@H](NC(=O)CNC(=O)CNC(=O)[C@@H](NC(=O)[C@H](CO)NC(=O)[C@@H](N)CCCCN)[C@@H](C)O)C(=O)N[C@@H](C)C(=O)N1CCC[C@H]1C(=O)N[C@@H](CCCN=C(N)N)C(=O)N[C@@H](CCCCN)C(=O)N[C@@H](CCC(N)=O)C(=O)O. The summed E-state index contributed by atoms with van der Waals surface area (Å²) in [5.41, 5.74) is 33.1. The van der Waals surface area contributed by atoms with Crippen LogP contribution in [-0.2, 0) is 62.3 Å². The predicted octanol–water partition coefficient (Wildman–Crippen LogP) is -7.93. The third kappa shape index (κ3) is 30.3. The number of guanidine groups is 1. The number of primary amides is 1. The first-order valence-corrected chi connectivity index (χ1v) is 29.0. The van der Waals surface area contributed by atoms with E-state index in [1.54, 1.807) is 0 Å². The number of carboxylic acid groups (broad SMARTS) is 1. The van der Waals surface area contributed by atoms with Crippen molar-refractivity contribution in [3.05, 3.63) is 0 Å². The van der Waals surface area contributed by atoms with Gasteiger partial charge in [-0.2, -0.15) is 0 Å². The van der Waals surface area contributed by atoms with E-state index >= 15 is 0 Å². The molecule has 25 N–H and O–H groups in total. The van der Waals surface area contributed by atoms with Gasteiger partial charge in [-0.3, -0.25) is 62.5 Å². The van der Waals surface area contributed by atoms with E-state index in [0.29, 0.717) is 57.9 Å². The molecule has 488 valence electrons. The molecule has 0 aromatic rings. The summed E-state index contributed by atoms with van der Waals surface area (Å²) in [6.45, 7) is 2.89. The van der Waals surface area contributed by atoms with Gasteiger partial charge in [0.15, 0.2) is 5.96 Å². The van der Waals surface area contributed by atoms with Gasteiger partial charge in [0.2, 0.25) is 70.9 Å². The van der Waals surface area contributed by atoms with E-state index in [9.17, 15) is 77.6 Å². The van der Waals surface area contributed by atoms with Gasteiger partial charge >= 0.3 is 5.97 Å². The Morgan fingerprint density at radius 1 is 0.581 bits per heavy atom. The number of hydrogen-bond acceptors (Lipinski definition) is 19. The fourth-order valence-electron chi connectivity index (χ4n) is 8.64. The summed E-state index contributed by atoms with van der Waals surface area (Å²) in [4.78, 5) is 175. The molecule has 0 bridgehead atoms. The number of carboxylic acids is 1. The van der Waals surface area contributed by atoms with Gasteiger partial charge in [0.25, 0.3) is 0 Å². The number of carbonyl (C=O) groups is 13. The predicted molar refractivity (Wildman–Crippen MR) is 310 cm³/mol. The molecule has 0 aromatic heterocycles. The van der Waals surface area contributed by atoms with Gasteiger partial charge in [-0.05, 0) is 117 Å². The summed E-state index contributed by atoms with van der Waals surface area (Å²) in [6, 6.07) is -12.3. The van der Waals surface area contributed by atoms with Gasteiger partial charge in [0, 0.05) is 32.5 Å². The Bertz CT molecular complexity index is 2290. The highest BCUT2D eigenvalue weighted by Gasteiger charge is 2.39. The van der Waals surface area contributed by atoms with Crippen LogP contribution in [0.1, 0.15) is 130 Å². The zero-order chi connectivity index (χ0) is 64.9. The lowest BCUT2D eigenvalue weighted by Crippen LogP contribution is -2.59. The summed E-state index contributed by atoms with van der Waals surface area (Å²) in [5.74, 6) is -11.4. The quantitative estimate of drug-likeness (QED) is 0.0153. The van der Waals surface area contributed by atoms with E-state index in [4.69, 9.17) is 34.4 Å². The van der Waals surface area contributed by atoms with E-state index in [1.807, 2.05) is 6.92 Å². The van der Waals surface area contributed by atoms with Crippen LogP contribution in [0.25, 0.3) is 0 Å². The third-order valence-electron chi connectivity index (χ3n) is 13.4. The Hall–Kier alpha value is -7.82. The molecule has 1 heterocycles. The van der Waals surface area contributed by atoms with E-state index in [0.717, 1.165) is 6.92 Å². The minimum atomic E-state index is -1.68. The van der Waals surface area contributed by atoms with Crippen LogP contribution < -0.4 is 87.6 Å². The second-order valence-corrected chi connectivity index (χ2v) is 20.8. The number of amides is 12. The number of likely N-dealkylation sites (tertiary alicyclic amines) is 1. The highest BCUT2D eigenvalue weighted by molar-refractivity contribution is 5.98. The van der Waals surface area contributed by atoms with Gasteiger partial charge in [0.1, 0.15) is 48.3 Å². The molecule has 12 amide bonds. The molecule has 1 saturated heterocycles. The first-order valence-electron chi connectivity index (χ1n) is 29.0. The zero-order valence-electron chi connectivity index (χ0n) is 49.5. The van der Waals surface area contributed by atoms with E-state index in [1.165, 1.54) is 11.8 Å². The Morgan fingerprint density at radius 3 is 1.71 bits per heavy atom. The van der Waals surface area contributed by atoms with E-state index < -0.39 is 151 Å². The number of unbranched alkanes of at least 4 members (excludes halogenated alkanes) is 3. The number of aliphatic imine (C=N–C) groups is 1. The van der Waals surface area contributed by atoms with Crippen molar-refractivity contribution in [2.45, 2.75) is 190 Å². The molecule has 0 unspecified atom stereocenters. The second kappa shape index (κ2) is 42.1. The summed E-state index contributed by atoms with van der Waals surface area (Å²) in [5, 5.41) is 54.2. The fourth-order valence-corrected chi connectivity index (χ4v) is 8.64. The summed E-state index contributed by atoms with van der Waals surface area (Å²) < 4.78 is 0. The van der Waals surface area contributed by atoms with E-state index in [2.05, 4.69) is 58.2 Å². The van der Waals surface area contributed by atoms with Crippen molar-refractivity contribution in [1.82, 2.24) is 58.1 Å². The van der Waals surface area contributed by atoms with Crippen molar-refractivity contribution in [3.63, 3.8) is 0 Å². The standard InChI is InChI=1S/C52H94N18O16/c1-4-13-39(74)59-23-10-7-16-32(64-41(76)27-61-40(75)26-62-49(83)42(30(3)72)69-47(81)36(28-71)68-43(77)31(55)14-5-8-21-53)44(78)63-29(2)50(84)70-25-12-18-37(70)48(82)66-34(17-11-24-60-52(57)58)45(79)65-33(15-6-9-22-54)46(80)67-35(51(85)86)19-20-38(56)73/h29-37,42,71-72H,4-28,53-55H2,1-3H3,(H2,56,73)(H,59,74)(H,61,75)(H,62,83)(H,63,78)(H,64,76)(H,65,79)(H,66,82)(H,67,80)(H,68,77)(H,69,81)(H,85,86)(H4,57,58,60)/t29-,30+,31-,32-,33-,34-,35-,36-,37-,42-/m0/s1. The van der Waals surface area contributed by atoms with Gasteiger partial charge in [-0.15, -0.1) is 0 Å². The van der Waals surface area contributed by atoms with Crippen molar-refractivity contribution in [2.75, 3.05) is 52.4 Å². The Labute approximate surface area is 499 Å². The molecule has 86 heavy (non-hydrogen) atoms. The molecule has 0 spiro atoms. The first kappa shape index (κ1) is 76.2. The number of hydrogen-bond donors (Lipinski definition) is 19. The number of rotatable bonds is 44. The minimum Gasteiger partial charge on any atom is -0.480 e. The largest absolute Gasteiger partial charge is 0.480 e. The lowest BCUT2D eigenvalue weighted by molar-refractivity contribution is -0.143. The molecule has 1 aliphatic heterocycles. The first-order chi connectivity index (χ1) is 40.7. The average Bonchev–Trinajstić information content (AvgIpc) is 2.76. The lowest BCUT2D eigenvalue weighted by atomic mass is 10.0. The van der Waals surface area contributed by atoms with Gasteiger partial charge in [-0.25, -0.2) is 4.79 Å². The molecule has 34 nitrogen and oxygen atoms in total. The molecule has 0 aliphatic carbocycles. The van der Waals surface area contributed by atoms with Gasteiger partial charge in [-0.1, -0.05) is 13.3 Å². The van der Waals surface area contributed by atoms with Crippen LogP contribution in [0.2, 0.25) is 0 Å². The molecule has 1 rings (SSSR count). The topological polar surface area (TPSA) is 575 Å². The summed E-state index contributed by atoms with van der Waals surface area (Å²) in [7, 11) is 0.